The molecular weight excluding hydrogens is 234 g/mol. The molecular formula is C8H13N3O2S2. The number of thioether (sulfide) groups is 1. The quantitative estimate of drug-likeness (QED) is 0.594. The number of aromatic nitrogens is 2. The molecule has 0 spiro atoms. The number of rotatable bonds is 6. The maximum Gasteiger partial charge on any atom is 0.233 e. The van der Waals surface area contributed by atoms with E-state index in [4.69, 9.17) is 4.74 Å². The Kier molecular flexibility index (Phi) is 5.59. The van der Waals surface area contributed by atoms with Crippen molar-refractivity contribution in [2.45, 2.75) is 16.5 Å². The van der Waals surface area contributed by atoms with Crippen LogP contribution < -0.4 is 5.32 Å². The molecule has 1 atom stereocenters. The van der Waals surface area contributed by atoms with Gasteiger partial charge in [0.1, 0.15) is 5.51 Å². The number of hydrogen-bond acceptors (Lipinski definition) is 6. The lowest BCUT2D eigenvalue weighted by Gasteiger charge is -2.09. The molecule has 0 unspecified atom stereocenters. The second kappa shape index (κ2) is 6.76. The molecule has 7 heteroatoms. The largest absolute Gasteiger partial charge is 0.383 e. The molecule has 0 saturated carbocycles. The van der Waals surface area contributed by atoms with Gasteiger partial charge >= 0.3 is 0 Å². The summed E-state index contributed by atoms with van der Waals surface area (Å²) in [5, 5.41) is 10.2. The van der Waals surface area contributed by atoms with E-state index in [1.807, 2.05) is 6.92 Å². The monoisotopic (exact) mass is 247 g/mol. The molecule has 0 aromatic carbocycles. The first-order chi connectivity index (χ1) is 7.24. The minimum absolute atomic E-state index is 0.00718. The van der Waals surface area contributed by atoms with Crippen LogP contribution in [0.1, 0.15) is 6.92 Å². The molecule has 1 heterocycles. The zero-order chi connectivity index (χ0) is 11.1. The fraction of sp³-hybridized carbons (Fsp3) is 0.625. The topological polar surface area (TPSA) is 64.1 Å². The van der Waals surface area contributed by atoms with E-state index in [0.29, 0.717) is 13.2 Å². The molecule has 0 saturated heterocycles. The predicted molar refractivity (Wildman–Crippen MR) is 60.1 cm³/mol. The molecule has 0 aliphatic heterocycles. The van der Waals surface area contributed by atoms with E-state index in [-0.39, 0.29) is 11.2 Å². The summed E-state index contributed by atoms with van der Waals surface area (Å²) < 4.78 is 5.65. The lowest BCUT2D eigenvalue weighted by molar-refractivity contribution is -0.120. The fourth-order valence-electron chi connectivity index (χ4n) is 0.839. The molecule has 0 bridgehead atoms. The molecule has 84 valence electrons. The molecule has 15 heavy (non-hydrogen) atoms. The number of carbonyl (C=O) groups is 1. The summed E-state index contributed by atoms with van der Waals surface area (Å²) in [5.74, 6) is -0.00718. The van der Waals surface area contributed by atoms with Crippen LogP contribution in [-0.2, 0) is 9.53 Å². The van der Waals surface area contributed by atoms with Crippen molar-refractivity contribution in [2.75, 3.05) is 20.3 Å². The first kappa shape index (κ1) is 12.4. The minimum atomic E-state index is -0.158. The fourth-order valence-corrected chi connectivity index (χ4v) is 2.49. The highest BCUT2D eigenvalue weighted by Crippen LogP contribution is 2.23. The van der Waals surface area contributed by atoms with Crippen molar-refractivity contribution in [3.8, 4) is 0 Å². The zero-order valence-corrected chi connectivity index (χ0v) is 10.2. The van der Waals surface area contributed by atoms with Crippen molar-refractivity contribution in [2.24, 2.45) is 0 Å². The molecule has 0 aliphatic carbocycles. The van der Waals surface area contributed by atoms with Crippen LogP contribution in [-0.4, -0.2) is 41.6 Å². The molecule has 1 amide bonds. The average molecular weight is 247 g/mol. The first-order valence-electron chi connectivity index (χ1n) is 4.43. The van der Waals surface area contributed by atoms with Crippen LogP contribution in [0.15, 0.2) is 9.85 Å². The van der Waals surface area contributed by atoms with Gasteiger partial charge in [0.2, 0.25) is 5.91 Å². The van der Waals surface area contributed by atoms with Gasteiger partial charge in [0.05, 0.1) is 11.9 Å². The van der Waals surface area contributed by atoms with Crippen molar-refractivity contribution in [3.63, 3.8) is 0 Å². The van der Waals surface area contributed by atoms with Crippen LogP contribution in [0.2, 0.25) is 0 Å². The van der Waals surface area contributed by atoms with Gasteiger partial charge < -0.3 is 10.1 Å². The van der Waals surface area contributed by atoms with E-state index < -0.39 is 0 Å². The van der Waals surface area contributed by atoms with Crippen LogP contribution >= 0.6 is 23.1 Å². The minimum Gasteiger partial charge on any atom is -0.383 e. The molecule has 1 aromatic rings. The van der Waals surface area contributed by atoms with Gasteiger partial charge in [0, 0.05) is 13.7 Å². The Morgan fingerprint density at radius 2 is 2.60 bits per heavy atom. The van der Waals surface area contributed by atoms with Crippen LogP contribution in [0.4, 0.5) is 0 Å². The average Bonchev–Trinajstić information content (AvgIpc) is 2.70. The molecule has 0 radical (unpaired) electrons. The van der Waals surface area contributed by atoms with E-state index >= 15 is 0 Å². The van der Waals surface area contributed by atoms with Gasteiger partial charge in [0.15, 0.2) is 4.34 Å². The van der Waals surface area contributed by atoms with Gasteiger partial charge in [-0.25, -0.2) is 0 Å². The SMILES string of the molecule is COCCNC(=O)[C@H](C)Sc1nncs1. The summed E-state index contributed by atoms with van der Waals surface area (Å²) >= 11 is 2.84. The van der Waals surface area contributed by atoms with Gasteiger partial charge in [-0.2, -0.15) is 0 Å². The van der Waals surface area contributed by atoms with Crippen LogP contribution in [0.25, 0.3) is 0 Å². The highest BCUT2D eigenvalue weighted by Gasteiger charge is 2.15. The van der Waals surface area contributed by atoms with Crippen molar-refractivity contribution in [3.05, 3.63) is 5.51 Å². The Labute approximate surface area is 96.6 Å². The third-order valence-electron chi connectivity index (χ3n) is 1.59. The summed E-state index contributed by atoms with van der Waals surface area (Å²) in [7, 11) is 1.60. The summed E-state index contributed by atoms with van der Waals surface area (Å²) in [6.07, 6.45) is 0. The Balaban J connectivity index is 2.27. The van der Waals surface area contributed by atoms with Crippen LogP contribution in [0.3, 0.4) is 0 Å². The summed E-state index contributed by atoms with van der Waals surface area (Å²) in [6, 6.07) is 0. The highest BCUT2D eigenvalue weighted by atomic mass is 32.2. The number of methoxy groups -OCH3 is 1. The number of carbonyl (C=O) groups excluding carboxylic acids is 1. The number of amides is 1. The van der Waals surface area contributed by atoms with Gasteiger partial charge in [-0.15, -0.1) is 10.2 Å². The van der Waals surface area contributed by atoms with Crippen LogP contribution in [0.5, 0.6) is 0 Å². The summed E-state index contributed by atoms with van der Waals surface area (Å²) in [6.45, 7) is 2.91. The van der Waals surface area contributed by atoms with Crippen molar-refractivity contribution in [1.82, 2.24) is 15.5 Å². The normalized spacial score (nSPS) is 12.4. The Hall–Kier alpha value is -0.660. The van der Waals surface area contributed by atoms with Gasteiger partial charge in [-0.05, 0) is 6.92 Å². The van der Waals surface area contributed by atoms with Gasteiger partial charge in [-0.1, -0.05) is 23.1 Å². The van der Waals surface area contributed by atoms with Crippen molar-refractivity contribution >= 4 is 29.0 Å². The number of ether oxygens (including phenoxy) is 1. The van der Waals surface area contributed by atoms with E-state index in [0.717, 1.165) is 4.34 Å². The summed E-state index contributed by atoms with van der Waals surface area (Å²) in [4.78, 5) is 11.5. The maximum atomic E-state index is 11.5. The second-order valence-corrected chi connectivity index (χ2v) is 5.17. The Morgan fingerprint density at radius 1 is 1.80 bits per heavy atom. The molecule has 1 rings (SSSR count). The Morgan fingerprint density at radius 3 is 3.20 bits per heavy atom. The highest BCUT2D eigenvalue weighted by molar-refractivity contribution is 8.02. The lowest BCUT2D eigenvalue weighted by atomic mass is 10.4. The molecule has 5 nitrogen and oxygen atoms in total. The van der Waals surface area contributed by atoms with Gasteiger partial charge in [0.25, 0.3) is 0 Å². The predicted octanol–water partition coefficient (Wildman–Crippen LogP) is 0.781. The van der Waals surface area contributed by atoms with E-state index in [1.54, 1.807) is 12.6 Å². The number of nitrogens with zero attached hydrogens (tertiary/aromatic N) is 2. The lowest BCUT2D eigenvalue weighted by Crippen LogP contribution is -2.33. The number of nitrogens with one attached hydrogen (secondary N) is 1. The van der Waals surface area contributed by atoms with E-state index in [9.17, 15) is 4.79 Å². The van der Waals surface area contributed by atoms with Gasteiger partial charge in [-0.3, -0.25) is 4.79 Å². The Bertz CT molecular complexity index is 292. The number of hydrogen-bond donors (Lipinski definition) is 1. The molecule has 1 N–H and O–H groups in total. The standard InChI is InChI=1S/C8H13N3O2S2/c1-6(7(12)9-3-4-13-2)15-8-11-10-5-14-8/h5-6H,3-4H2,1-2H3,(H,9,12)/t6-/m0/s1. The smallest absolute Gasteiger partial charge is 0.233 e. The van der Waals surface area contributed by atoms with Crippen LogP contribution in [0, 0.1) is 0 Å². The second-order valence-electron chi connectivity index (χ2n) is 2.75. The van der Waals surface area contributed by atoms with Crippen molar-refractivity contribution < 1.29 is 9.53 Å². The molecule has 1 aromatic heterocycles. The zero-order valence-electron chi connectivity index (χ0n) is 8.60. The molecule has 0 fully saturated rings. The van der Waals surface area contributed by atoms with E-state index in [1.165, 1.54) is 23.1 Å². The first-order valence-corrected chi connectivity index (χ1v) is 6.19. The third kappa shape index (κ3) is 4.59. The third-order valence-corrected chi connectivity index (χ3v) is 3.50. The molecule has 0 aliphatic rings. The van der Waals surface area contributed by atoms with E-state index in [2.05, 4.69) is 15.5 Å². The maximum absolute atomic E-state index is 11.5. The summed E-state index contributed by atoms with van der Waals surface area (Å²) in [5.41, 5.74) is 1.65. The van der Waals surface area contributed by atoms with Crippen molar-refractivity contribution in [1.29, 1.82) is 0 Å².